The highest BCUT2D eigenvalue weighted by atomic mass is 16.8. The van der Waals surface area contributed by atoms with E-state index in [1.54, 1.807) is 25.2 Å². The minimum absolute atomic E-state index is 0.0203. The number of hydrogen-bond donors (Lipinski definition) is 0. The van der Waals surface area contributed by atoms with Crippen molar-refractivity contribution in [2.45, 2.75) is 83.1 Å². The van der Waals surface area contributed by atoms with E-state index in [4.69, 9.17) is 33.2 Å². The van der Waals surface area contributed by atoms with Crippen LogP contribution < -0.4 is 0 Å². The largest absolute Gasteiger partial charge is 0.466 e. The summed E-state index contributed by atoms with van der Waals surface area (Å²) in [7, 11) is 0. The molecule has 0 bridgehead atoms. The van der Waals surface area contributed by atoms with Crippen LogP contribution in [0.3, 0.4) is 0 Å². The van der Waals surface area contributed by atoms with E-state index in [2.05, 4.69) is 0 Å². The normalized spacial score (nSPS) is 27.9. The van der Waals surface area contributed by atoms with Crippen LogP contribution in [0.5, 0.6) is 0 Å². The standard InChI is InChI=1S/C33H34O14/c1-4-6-7-9-12-22-27(37)44-32(45-28(22)38)17-19-33(20-18-32)46-29(39)23(30(40)47-33)14-11-8-10-13-21-25(35)42-31(3,43-26(21)36)16-15-24(34)41-5-2/h4,6-10,12-14H,5,11,15-20H2,1-3H3. The molecule has 3 heterocycles. The van der Waals surface area contributed by atoms with Gasteiger partial charge in [0.2, 0.25) is 0 Å². The van der Waals surface area contributed by atoms with E-state index in [-0.39, 0.29) is 68.3 Å². The van der Waals surface area contributed by atoms with E-state index >= 15 is 0 Å². The fourth-order valence-corrected chi connectivity index (χ4v) is 4.99. The predicted molar refractivity (Wildman–Crippen MR) is 157 cm³/mol. The summed E-state index contributed by atoms with van der Waals surface area (Å²) in [6.07, 6.45) is 12.6. The Morgan fingerprint density at radius 3 is 1.64 bits per heavy atom. The molecule has 0 radical (unpaired) electrons. The van der Waals surface area contributed by atoms with Gasteiger partial charge in [-0.25, -0.2) is 28.8 Å². The van der Waals surface area contributed by atoms with Gasteiger partial charge in [0.15, 0.2) is 0 Å². The molecule has 4 aliphatic rings. The Balaban J connectivity index is 1.29. The van der Waals surface area contributed by atoms with Crippen molar-refractivity contribution in [3.8, 4) is 0 Å². The Morgan fingerprint density at radius 1 is 0.681 bits per heavy atom. The van der Waals surface area contributed by atoms with E-state index in [0.29, 0.717) is 0 Å². The first-order chi connectivity index (χ1) is 22.3. The second-order valence-electron chi connectivity index (χ2n) is 11.0. The topological polar surface area (TPSA) is 184 Å². The number of hydrogen-bond acceptors (Lipinski definition) is 14. The van der Waals surface area contributed by atoms with Crippen molar-refractivity contribution in [3.63, 3.8) is 0 Å². The summed E-state index contributed by atoms with van der Waals surface area (Å²) in [5.74, 6) is -10.8. The van der Waals surface area contributed by atoms with Crippen LogP contribution in [-0.2, 0) is 66.7 Å². The first kappa shape index (κ1) is 34.6. The van der Waals surface area contributed by atoms with Crippen LogP contribution in [0.4, 0.5) is 0 Å². The average Bonchev–Trinajstić information content (AvgIpc) is 2.99. The predicted octanol–water partition coefficient (Wildman–Crippen LogP) is 3.17. The highest BCUT2D eigenvalue weighted by Crippen LogP contribution is 2.45. The minimum atomic E-state index is -1.62. The lowest BCUT2D eigenvalue weighted by Gasteiger charge is -2.46. The number of esters is 7. The van der Waals surface area contributed by atoms with Gasteiger partial charge in [-0.1, -0.05) is 42.5 Å². The van der Waals surface area contributed by atoms with Gasteiger partial charge in [-0.15, -0.1) is 0 Å². The van der Waals surface area contributed by atoms with Crippen molar-refractivity contribution in [3.05, 3.63) is 71.4 Å². The van der Waals surface area contributed by atoms with Crippen LogP contribution >= 0.6 is 0 Å². The number of rotatable bonds is 9. The third-order valence-corrected chi connectivity index (χ3v) is 7.45. The van der Waals surface area contributed by atoms with Gasteiger partial charge in [0, 0.05) is 39.0 Å². The van der Waals surface area contributed by atoms with Gasteiger partial charge in [-0.3, -0.25) is 4.79 Å². The SMILES string of the molecule is CC=CC=CC=C1C(=O)OC2(CCC3(CC2)OC(=O)C(=CCC=CC=C2C(=O)OC(C)(CCC(=O)OCC)OC2=O)C(=O)O3)OC1=O. The summed E-state index contributed by atoms with van der Waals surface area (Å²) in [6, 6.07) is 0. The van der Waals surface area contributed by atoms with E-state index in [1.165, 1.54) is 37.3 Å². The van der Waals surface area contributed by atoms with Crippen LogP contribution in [0.2, 0.25) is 0 Å². The van der Waals surface area contributed by atoms with Gasteiger partial charge in [-0.05, 0) is 32.4 Å². The highest BCUT2D eigenvalue weighted by Gasteiger charge is 2.56. The number of cyclic esters (lactones) is 2. The zero-order chi connectivity index (χ0) is 34.2. The van der Waals surface area contributed by atoms with Gasteiger partial charge in [-0.2, -0.15) is 0 Å². The fraction of sp³-hybridized carbons (Fsp3) is 0.424. The Hall–Kier alpha value is -5.27. The molecule has 47 heavy (non-hydrogen) atoms. The highest BCUT2D eigenvalue weighted by molar-refractivity contribution is 6.16. The molecule has 1 saturated carbocycles. The summed E-state index contributed by atoms with van der Waals surface area (Å²) in [6.45, 7) is 5.00. The maximum Gasteiger partial charge on any atom is 0.348 e. The summed E-state index contributed by atoms with van der Waals surface area (Å²) >= 11 is 0. The van der Waals surface area contributed by atoms with Gasteiger partial charge < -0.3 is 33.2 Å². The lowest BCUT2D eigenvalue weighted by molar-refractivity contribution is -0.291. The van der Waals surface area contributed by atoms with Crippen molar-refractivity contribution in [2.24, 2.45) is 0 Å². The van der Waals surface area contributed by atoms with Gasteiger partial charge >= 0.3 is 41.8 Å². The van der Waals surface area contributed by atoms with Crippen molar-refractivity contribution >= 4 is 41.8 Å². The number of carbonyl (C=O) groups excluding carboxylic acids is 7. The lowest BCUT2D eigenvalue weighted by atomic mass is 9.87. The molecule has 3 aliphatic heterocycles. The van der Waals surface area contributed by atoms with E-state index in [1.807, 2.05) is 6.92 Å². The van der Waals surface area contributed by atoms with Crippen molar-refractivity contribution < 1.29 is 66.7 Å². The zero-order valence-electron chi connectivity index (χ0n) is 26.1. The quantitative estimate of drug-likeness (QED) is 0.116. The number of carbonyl (C=O) groups is 7. The smallest absolute Gasteiger partial charge is 0.348 e. The summed E-state index contributed by atoms with van der Waals surface area (Å²) in [5.41, 5.74) is -1.02. The molecule has 250 valence electrons. The third kappa shape index (κ3) is 8.31. The molecule has 14 nitrogen and oxygen atoms in total. The number of allylic oxidation sites excluding steroid dienone is 9. The number of ether oxygens (including phenoxy) is 7. The van der Waals surface area contributed by atoms with Crippen LogP contribution in [-0.4, -0.2) is 65.8 Å². The van der Waals surface area contributed by atoms with Crippen molar-refractivity contribution in [2.75, 3.05) is 6.61 Å². The Morgan fingerprint density at radius 2 is 1.15 bits per heavy atom. The molecule has 2 spiro atoms. The molecule has 0 aromatic heterocycles. The molecule has 0 aromatic rings. The monoisotopic (exact) mass is 654 g/mol. The molecule has 14 heteroatoms. The third-order valence-electron chi connectivity index (χ3n) is 7.45. The molecule has 1 aliphatic carbocycles. The molecule has 4 rings (SSSR count). The van der Waals surface area contributed by atoms with E-state index in [0.717, 1.165) is 6.08 Å². The van der Waals surface area contributed by atoms with Crippen molar-refractivity contribution in [1.82, 2.24) is 0 Å². The summed E-state index contributed by atoms with van der Waals surface area (Å²) < 4.78 is 37.1. The lowest BCUT2D eigenvalue weighted by Crippen LogP contribution is -2.56. The van der Waals surface area contributed by atoms with E-state index < -0.39 is 59.1 Å². The molecule has 0 atom stereocenters. The molecule has 4 fully saturated rings. The Bertz CT molecular complexity index is 1460. The summed E-state index contributed by atoms with van der Waals surface area (Å²) in [5, 5.41) is 0. The zero-order valence-corrected chi connectivity index (χ0v) is 26.1. The Labute approximate surface area is 269 Å². The maximum absolute atomic E-state index is 12.8. The molecule has 0 N–H and O–H groups in total. The minimum Gasteiger partial charge on any atom is -0.466 e. The first-order valence-corrected chi connectivity index (χ1v) is 15.0. The average molecular weight is 655 g/mol. The second-order valence-corrected chi connectivity index (χ2v) is 11.0. The van der Waals surface area contributed by atoms with Gasteiger partial charge in [0.05, 0.1) is 13.0 Å². The van der Waals surface area contributed by atoms with Crippen LogP contribution in [0.15, 0.2) is 71.4 Å². The summed E-state index contributed by atoms with van der Waals surface area (Å²) in [4.78, 5) is 87.0. The van der Waals surface area contributed by atoms with Crippen LogP contribution in [0, 0.1) is 0 Å². The Kier molecular flexibility index (Phi) is 10.6. The molecular formula is C33H34O14. The van der Waals surface area contributed by atoms with Crippen LogP contribution in [0.1, 0.15) is 65.7 Å². The molecule has 0 unspecified atom stereocenters. The van der Waals surface area contributed by atoms with Crippen molar-refractivity contribution in [1.29, 1.82) is 0 Å². The van der Waals surface area contributed by atoms with Gasteiger partial charge in [0.25, 0.3) is 17.4 Å². The molecule has 3 saturated heterocycles. The van der Waals surface area contributed by atoms with Gasteiger partial charge in [0.1, 0.15) is 16.7 Å². The maximum atomic E-state index is 12.8. The molecular weight excluding hydrogens is 620 g/mol. The fourth-order valence-electron chi connectivity index (χ4n) is 4.99. The molecule has 0 amide bonds. The second kappa shape index (κ2) is 14.4. The first-order valence-electron chi connectivity index (χ1n) is 15.0. The van der Waals surface area contributed by atoms with Crippen LogP contribution in [0.25, 0.3) is 0 Å². The molecule has 0 aromatic carbocycles. The van der Waals surface area contributed by atoms with E-state index in [9.17, 15) is 33.6 Å².